The highest BCUT2D eigenvalue weighted by atomic mass is 16.5. The van der Waals surface area contributed by atoms with Crippen LogP contribution in [0.5, 0.6) is 0 Å². The molecule has 0 aromatic heterocycles. The number of carboxylic acid groups (broad SMARTS) is 1. The number of nitrogens with zero attached hydrogens (tertiary/aromatic N) is 1. The summed E-state index contributed by atoms with van der Waals surface area (Å²) in [5, 5.41) is 9.67. The van der Waals surface area contributed by atoms with Gasteiger partial charge in [0.25, 0.3) is 0 Å². The second-order valence-electron chi connectivity index (χ2n) is 13.5. The van der Waals surface area contributed by atoms with E-state index in [2.05, 4.69) is 32.7 Å². The van der Waals surface area contributed by atoms with Gasteiger partial charge in [0.2, 0.25) is 0 Å². The summed E-state index contributed by atoms with van der Waals surface area (Å²) < 4.78 is 5.88. The molecule has 0 radical (unpaired) electrons. The average Bonchev–Trinajstić information content (AvgIpc) is 2.97. The Morgan fingerprint density at radius 2 is 1.17 bits per heavy atom. The first-order valence-electron chi connectivity index (χ1n) is 18.5. The van der Waals surface area contributed by atoms with E-state index in [-0.39, 0.29) is 18.0 Å². The van der Waals surface area contributed by atoms with Crippen LogP contribution in [-0.2, 0) is 14.3 Å². The number of carbonyl (C=O) groups excluding carboxylic acids is 1. The molecular formula is C37H71NO4. The van der Waals surface area contributed by atoms with Gasteiger partial charge in [-0.05, 0) is 70.9 Å². The molecule has 0 spiro atoms. The van der Waals surface area contributed by atoms with Gasteiger partial charge in [-0.1, -0.05) is 130 Å². The van der Waals surface area contributed by atoms with Gasteiger partial charge in [-0.2, -0.15) is 0 Å². The molecular weight excluding hydrogens is 522 g/mol. The van der Waals surface area contributed by atoms with Crippen LogP contribution in [0.4, 0.5) is 0 Å². The third kappa shape index (κ3) is 19.2. The van der Waals surface area contributed by atoms with Crippen LogP contribution in [0.3, 0.4) is 0 Å². The summed E-state index contributed by atoms with van der Waals surface area (Å²) in [6.07, 6.45) is 30.3. The maximum absolute atomic E-state index is 12.5. The van der Waals surface area contributed by atoms with Crippen molar-refractivity contribution in [1.29, 1.82) is 0 Å². The Bertz CT molecular complexity index is 654. The minimum Gasteiger partial charge on any atom is -0.481 e. The molecule has 4 unspecified atom stereocenters. The largest absolute Gasteiger partial charge is 0.481 e. The van der Waals surface area contributed by atoms with Crippen molar-refractivity contribution in [3.8, 4) is 0 Å². The third-order valence-corrected chi connectivity index (χ3v) is 9.76. The lowest BCUT2D eigenvalue weighted by Crippen LogP contribution is -2.46. The van der Waals surface area contributed by atoms with Crippen molar-refractivity contribution in [2.45, 2.75) is 200 Å². The van der Waals surface area contributed by atoms with E-state index in [4.69, 9.17) is 4.74 Å². The molecule has 1 heterocycles. The summed E-state index contributed by atoms with van der Waals surface area (Å²) in [4.78, 5) is 26.7. The highest BCUT2D eigenvalue weighted by Gasteiger charge is 2.34. The van der Waals surface area contributed by atoms with Crippen LogP contribution >= 0.6 is 0 Å². The molecule has 0 saturated carbocycles. The number of esters is 1. The summed E-state index contributed by atoms with van der Waals surface area (Å²) in [5.74, 6) is -0.145. The Morgan fingerprint density at radius 3 is 1.74 bits per heavy atom. The maximum Gasteiger partial charge on any atom is 0.306 e. The van der Waals surface area contributed by atoms with Crippen molar-refractivity contribution < 1.29 is 19.4 Å². The van der Waals surface area contributed by atoms with Gasteiger partial charge in [0, 0.05) is 12.5 Å². The van der Waals surface area contributed by atoms with Crippen molar-refractivity contribution in [1.82, 2.24) is 4.90 Å². The van der Waals surface area contributed by atoms with Crippen molar-refractivity contribution in [2.75, 3.05) is 13.6 Å². The van der Waals surface area contributed by atoms with E-state index in [1.54, 1.807) is 0 Å². The van der Waals surface area contributed by atoms with Gasteiger partial charge >= 0.3 is 11.9 Å². The SMILES string of the molecule is CCCCCCCCCC(CCCCCCCCC(=O)OC(CCCC)CCCCCC)C1CC(C(=O)O)CCN1C. The van der Waals surface area contributed by atoms with Gasteiger partial charge in [0.1, 0.15) is 6.10 Å². The molecule has 248 valence electrons. The zero-order chi connectivity index (χ0) is 30.8. The van der Waals surface area contributed by atoms with Gasteiger partial charge in [-0.3, -0.25) is 9.59 Å². The van der Waals surface area contributed by atoms with E-state index in [1.807, 2.05) is 0 Å². The van der Waals surface area contributed by atoms with Crippen LogP contribution in [0.25, 0.3) is 0 Å². The fraction of sp³-hybridized carbons (Fsp3) is 0.946. The highest BCUT2D eigenvalue weighted by Crippen LogP contribution is 2.33. The lowest BCUT2D eigenvalue weighted by molar-refractivity contribution is -0.150. The smallest absolute Gasteiger partial charge is 0.306 e. The lowest BCUT2D eigenvalue weighted by Gasteiger charge is -2.40. The Hall–Kier alpha value is -1.10. The first kappa shape index (κ1) is 38.9. The first-order valence-corrected chi connectivity index (χ1v) is 18.5. The minimum atomic E-state index is -0.602. The number of carboxylic acids is 1. The molecule has 1 aliphatic rings. The molecule has 0 aliphatic carbocycles. The van der Waals surface area contributed by atoms with Crippen LogP contribution in [0.1, 0.15) is 188 Å². The molecule has 1 N–H and O–H groups in total. The molecule has 0 aromatic carbocycles. The quantitative estimate of drug-likeness (QED) is 0.0722. The number of ether oxygens (including phenoxy) is 1. The molecule has 0 bridgehead atoms. The Labute approximate surface area is 261 Å². The van der Waals surface area contributed by atoms with Crippen molar-refractivity contribution >= 4 is 11.9 Å². The molecule has 0 amide bonds. The average molecular weight is 594 g/mol. The molecule has 4 atom stereocenters. The highest BCUT2D eigenvalue weighted by molar-refractivity contribution is 5.70. The molecule has 5 heteroatoms. The van der Waals surface area contributed by atoms with Gasteiger partial charge in [-0.15, -0.1) is 0 Å². The molecule has 1 aliphatic heterocycles. The normalized spacial score (nSPS) is 19.0. The number of aliphatic carboxylic acids is 1. The zero-order valence-corrected chi connectivity index (χ0v) is 28.5. The van der Waals surface area contributed by atoms with E-state index in [0.29, 0.717) is 18.4 Å². The van der Waals surface area contributed by atoms with Gasteiger partial charge in [-0.25, -0.2) is 0 Å². The minimum absolute atomic E-state index is 0.0102. The van der Waals surface area contributed by atoms with Crippen molar-refractivity contribution in [2.24, 2.45) is 11.8 Å². The van der Waals surface area contributed by atoms with E-state index >= 15 is 0 Å². The number of likely N-dealkylation sites (tertiary alicyclic amines) is 1. The van der Waals surface area contributed by atoms with E-state index in [0.717, 1.165) is 57.9 Å². The molecule has 42 heavy (non-hydrogen) atoms. The number of hydrogen-bond acceptors (Lipinski definition) is 4. The summed E-state index contributed by atoms with van der Waals surface area (Å²) in [6, 6.07) is 0.416. The fourth-order valence-corrected chi connectivity index (χ4v) is 6.90. The number of piperidine rings is 1. The number of unbranched alkanes of at least 4 members (excludes halogenated alkanes) is 15. The van der Waals surface area contributed by atoms with Gasteiger partial charge in [0.05, 0.1) is 5.92 Å². The van der Waals surface area contributed by atoms with E-state index in [1.165, 1.54) is 109 Å². The van der Waals surface area contributed by atoms with Gasteiger partial charge < -0.3 is 14.7 Å². The second-order valence-corrected chi connectivity index (χ2v) is 13.5. The van der Waals surface area contributed by atoms with Crippen LogP contribution in [0, 0.1) is 11.8 Å². The third-order valence-electron chi connectivity index (χ3n) is 9.76. The Morgan fingerprint density at radius 1 is 0.690 bits per heavy atom. The summed E-state index contributed by atoms with van der Waals surface area (Å²) in [7, 11) is 2.21. The summed E-state index contributed by atoms with van der Waals surface area (Å²) in [5.41, 5.74) is 0. The van der Waals surface area contributed by atoms with Crippen molar-refractivity contribution in [3.63, 3.8) is 0 Å². The van der Waals surface area contributed by atoms with Gasteiger partial charge in [0.15, 0.2) is 0 Å². The number of hydrogen-bond donors (Lipinski definition) is 1. The topological polar surface area (TPSA) is 66.8 Å². The first-order chi connectivity index (χ1) is 20.4. The molecule has 1 fully saturated rings. The lowest BCUT2D eigenvalue weighted by atomic mass is 9.79. The molecule has 0 aromatic rings. The predicted octanol–water partition coefficient (Wildman–Crippen LogP) is 10.7. The fourth-order valence-electron chi connectivity index (χ4n) is 6.90. The standard InChI is InChI=1S/C37H71NO4/c1-5-8-11-13-14-17-20-24-32(35-31-33(37(40)41)29-30-38(35)4)25-21-18-15-16-19-23-28-36(39)42-34(26-10-7-3)27-22-12-9-6-2/h32-35H,5-31H2,1-4H3,(H,40,41). The number of carbonyl (C=O) groups is 2. The molecule has 5 nitrogen and oxygen atoms in total. The Kier molecular flexibility index (Phi) is 24.4. The zero-order valence-electron chi connectivity index (χ0n) is 28.5. The summed E-state index contributed by atoms with van der Waals surface area (Å²) >= 11 is 0. The van der Waals surface area contributed by atoms with Crippen LogP contribution in [-0.4, -0.2) is 47.7 Å². The molecule has 1 rings (SSSR count). The monoisotopic (exact) mass is 594 g/mol. The van der Waals surface area contributed by atoms with Crippen LogP contribution in [0.2, 0.25) is 0 Å². The maximum atomic E-state index is 12.5. The van der Waals surface area contributed by atoms with Crippen LogP contribution < -0.4 is 0 Å². The van der Waals surface area contributed by atoms with Crippen molar-refractivity contribution in [3.05, 3.63) is 0 Å². The molecule has 1 saturated heterocycles. The van der Waals surface area contributed by atoms with Crippen LogP contribution in [0.15, 0.2) is 0 Å². The van der Waals surface area contributed by atoms with E-state index in [9.17, 15) is 14.7 Å². The number of rotatable bonds is 28. The predicted molar refractivity (Wildman–Crippen MR) is 178 cm³/mol. The second kappa shape index (κ2) is 26.3. The van der Waals surface area contributed by atoms with E-state index < -0.39 is 5.97 Å². The Balaban J connectivity index is 2.33. The summed E-state index contributed by atoms with van der Waals surface area (Å²) in [6.45, 7) is 7.62.